The molecule has 3 rings (SSSR count). The Balaban J connectivity index is 1.72. The van der Waals surface area contributed by atoms with Crippen molar-refractivity contribution in [3.8, 4) is 0 Å². The highest BCUT2D eigenvalue weighted by Crippen LogP contribution is 2.16. The molecule has 1 amide bonds. The van der Waals surface area contributed by atoms with Crippen molar-refractivity contribution in [1.82, 2.24) is 9.97 Å². The zero-order chi connectivity index (χ0) is 17.9. The van der Waals surface area contributed by atoms with Crippen LogP contribution in [-0.2, 0) is 14.8 Å². The van der Waals surface area contributed by atoms with E-state index in [1.54, 1.807) is 6.07 Å². The van der Waals surface area contributed by atoms with Crippen LogP contribution in [0.2, 0.25) is 0 Å². The number of nitrogens with one attached hydrogen (secondary N) is 1. The Morgan fingerprint density at radius 2 is 1.84 bits per heavy atom. The van der Waals surface area contributed by atoms with Gasteiger partial charge in [0.15, 0.2) is 0 Å². The van der Waals surface area contributed by atoms with Crippen LogP contribution in [0.3, 0.4) is 0 Å². The first-order valence-corrected chi connectivity index (χ1v) is 9.07. The molecule has 1 fully saturated rings. The predicted molar refractivity (Wildman–Crippen MR) is 90.8 cm³/mol. The summed E-state index contributed by atoms with van der Waals surface area (Å²) in [4.78, 5) is 22.5. The first kappa shape index (κ1) is 17.3. The number of rotatable bonds is 4. The maximum absolute atomic E-state index is 12.3. The standard InChI is InChI=1S/C15H17N5O4S/c16-25(22,23)12-3-1-11(2-4-12)15(21)19-13-9-14(18-10-17-13)20-5-7-24-8-6-20/h1-4,9-10H,5-8H2,(H2,16,22,23)(H,17,18,19,21). The number of morpholine rings is 1. The molecule has 3 N–H and O–H groups in total. The van der Waals surface area contributed by atoms with Gasteiger partial charge in [0.25, 0.3) is 5.91 Å². The monoisotopic (exact) mass is 363 g/mol. The molecule has 25 heavy (non-hydrogen) atoms. The summed E-state index contributed by atoms with van der Waals surface area (Å²) in [7, 11) is -3.79. The maximum Gasteiger partial charge on any atom is 0.256 e. The van der Waals surface area contributed by atoms with Crippen molar-refractivity contribution in [2.45, 2.75) is 4.90 Å². The molecule has 0 atom stereocenters. The lowest BCUT2D eigenvalue weighted by molar-refractivity contribution is 0.102. The minimum Gasteiger partial charge on any atom is -0.378 e. The van der Waals surface area contributed by atoms with Gasteiger partial charge in [0, 0.05) is 24.7 Å². The van der Waals surface area contributed by atoms with Crippen molar-refractivity contribution < 1.29 is 17.9 Å². The molecule has 2 heterocycles. The summed E-state index contributed by atoms with van der Waals surface area (Å²) in [6.07, 6.45) is 1.38. The number of benzene rings is 1. The topological polar surface area (TPSA) is 128 Å². The Hall–Kier alpha value is -2.56. The van der Waals surface area contributed by atoms with Crippen molar-refractivity contribution in [3.63, 3.8) is 0 Å². The molecule has 0 saturated carbocycles. The SMILES string of the molecule is NS(=O)(=O)c1ccc(C(=O)Nc2cc(N3CCOCC3)ncn2)cc1. The van der Waals surface area contributed by atoms with Crippen LogP contribution in [0.15, 0.2) is 41.6 Å². The van der Waals surface area contributed by atoms with Crippen LogP contribution in [0.25, 0.3) is 0 Å². The number of hydrogen-bond acceptors (Lipinski definition) is 7. The van der Waals surface area contributed by atoms with Gasteiger partial charge < -0.3 is 15.0 Å². The van der Waals surface area contributed by atoms with Gasteiger partial charge in [0.1, 0.15) is 18.0 Å². The van der Waals surface area contributed by atoms with Crippen molar-refractivity contribution in [3.05, 3.63) is 42.2 Å². The van der Waals surface area contributed by atoms with Gasteiger partial charge in [-0.25, -0.2) is 23.5 Å². The Morgan fingerprint density at radius 1 is 1.16 bits per heavy atom. The second-order valence-electron chi connectivity index (χ2n) is 5.38. The van der Waals surface area contributed by atoms with Crippen molar-refractivity contribution in [2.75, 3.05) is 36.5 Å². The third-order valence-corrected chi connectivity index (χ3v) is 4.60. The Bertz CT molecular complexity index is 864. The highest BCUT2D eigenvalue weighted by atomic mass is 32.2. The van der Waals surface area contributed by atoms with Crippen molar-refractivity contribution in [2.24, 2.45) is 5.14 Å². The van der Waals surface area contributed by atoms with Crippen LogP contribution < -0.4 is 15.4 Å². The molecular weight excluding hydrogens is 346 g/mol. The van der Waals surface area contributed by atoms with E-state index in [4.69, 9.17) is 9.88 Å². The molecule has 0 radical (unpaired) electrons. The number of amides is 1. The molecule has 0 bridgehead atoms. The maximum atomic E-state index is 12.3. The number of anilines is 2. The van der Waals surface area contributed by atoms with Crippen LogP contribution in [0.5, 0.6) is 0 Å². The summed E-state index contributed by atoms with van der Waals surface area (Å²) < 4.78 is 27.8. The summed E-state index contributed by atoms with van der Waals surface area (Å²) in [5.74, 6) is 0.655. The second-order valence-corrected chi connectivity index (χ2v) is 6.95. The van der Waals surface area contributed by atoms with E-state index in [0.717, 1.165) is 13.1 Å². The van der Waals surface area contributed by atoms with Crippen LogP contribution in [0, 0.1) is 0 Å². The highest BCUT2D eigenvalue weighted by Gasteiger charge is 2.15. The van der Waals surface area contributed by atoms with Gasteiger partial charge in [0.05, 0.1) is 18.1 Å². The Morgan fingerprint density at radius 3 is 2.48 bits per heavy atom. The molecular formula is C15H17N5O4S. The van der Waals surface area contributed by atoms with Crippen molar-refractivity contribution in [1.29, 1.82) is 0 Å². The first-order chi connectivity index (χ1) is 11.9. The summed E-state index contributed by atoms with van der Waals surface area (Å²) >= 11 is 0. The Kier molecular flexibility index (Phi) is 4.93. The third kappa shape index (κ3) is 4.29. The molecule has 1 aromatic carbocycles. The molecule has 132 valence electrons. The largest absolute Gasteiger partial charge is 0.378 e. The molecule has 2 aromatic rings. The zero-order valence-corrected chi connectivity index (χ0v) is 14.1. The van der Waals surface area contributed by atoms with Crippen LogP contribution in [0.4, 0.5) is 11.6 Å². The highest BCUT2D eigenvalue weighted by molar-refractivity contribution is 7.89. The number of sulfonamides is 1. The number of nitrogens with two attached hydrogens (primary N) is 1. The number of hydrogen-bond donors (Lipinski definition) is 2. The van der Waals surface area contributed by atoms with E-state index >= 15 is 0 Å². The normalized spacial score (nSPS) is 15.0. The van der Waals surface area contributed by atoms with Gasteiger partial charge >= 0.3 is 0 Å². The Labute approximate surface area is 144 Å². The van der Waals surface area contributed by atoms with E-state index < -0.39 is 15.9 Å². The lowest BCUT2D eigenvalue weighted by atomic mass is 10.2. The smallest absolute Gasteiger partial charge is 0.256 e. The van der Waals surface area contributed by atoms with Gasteiger partial charge in [0.2, 0.25) is 10.0 Å². The van der Waals surface area contributed by atoms with E-state index in [1.807, 2.05) is 4.90 Å². The van der Waals surface area contributed by atoms with Gasteiger partial charge in [-0.3, -0.25) is 4.79 Å². The summed E-state index contributed by atoms with van der Waals surface area (Å²) in [5.41, 5.74) is 0.291. The molecule has 1 aliphatic rings. The molecule has 9 nitrogen and oxygen atoms in total. The summed E-state index contributed by atoms with van der Waals surface area (Å²) in [6, 6.07) is 7.02. The van der Waals surface area contributed by atoms with Crippen LogP contribution >= 0.6 is 0 Å². The van der Waals surface area contributed by atoms with E-state index in [-0.39, 0.29) is 4.90 Å². The molecule has 1 aliphatic heterocycles. The fourth-order valence-electron chi connectivity index (χ4n) is 2.37. The number of primary sulfonamides is 1. The van der Waals surface area contributed by atoms with Crippen molar-refractivity contribution >= 4 is 27.6 Å². The lowest BCUT2D eigenvalue weighted by Crippen LogP contribution is -2.36. The van der Waals surface area contributed by atoms with E-state index in [9.17, 15) is 13.2 Å². The molecule has 0 unspecified atom stereocenters. The molecule has 10 heteroatoms. The van der Waals surface area contributed by atoms with E-state index in [2.05, 4.69) is 15.3 Å². The fraction of sp³-hybridized carbons (Fsp3) is 0.267. The average molecular weight is 363 g/mol. The summed E-state index contributed by atoms with van der Waals surface area (Å²) in [6.45, 7) is 2.70. The predicted octanol–water partition coefficient (Wildman–Crippen LogP) is 0.213. The quantitative estimate of drug-likeness (QED) is 0.795. The molecule has 1 saturated heterocycles. The van der Waals surface area contributed by atoms with Gasteiger partial charge in [-0.05, 0) is 24.3 Å². The average Bonchev–Trinajstić information content (AvgIpc) is 2.62. The van der Waals surface area contributed by atoms with Gasteiger partial charge in [-0.2, -0.15) is 0 Å². The minimum absolute atomic E-state index is 0.0549. The number of ether oxygens (including phenoxy) is 1. The van der Waals surface area contributed by atoms with E-state index in [0.29, 0.717) is 30.4 Å². The molecule has 0 aliphatic carbocycles. The zero-order valence-electron chi connectivity index (χ0n) is 13.3. The number of nitrogens with zero attached hydrogens (tertiary/aromatic N) is 3. The lowest BCUT2D eigenvalue weighted by Gasteiger charge is -2.27. The van der Waals surface area contributed by atoms with Crippen LogP contribution in [0.1, 0.15) is 10.4 Å². The summed E-state index contributed by atoms with van der Waals surface area (Å²) in [5, 5.41) is 7.70. The first-order valence-electron chi connectivity index (χ1n) is 7.52. The number of carbonyl (C=O) groups is 1. The third-order valence-electron chi connectivity index (χ3n) is 3.67. The molecule has 1 aromatic heterocycles. The number of aromatic nitrogens is 2. The van der Waals surface area contributed by atoms with Crippen LogP contribution in [-0.4, -0.2) is 50.6 Å². The van der Waals surface area contributed by atoms with Gasteiger partial charge in [-0.1, -0.05) is 0 Å². The van der Waals surface area contributed by atoms with Gasteiger partial charge in [-0.15, -0.1) is 0 Å². The fourth-order valence-corrected chi connectivity index (χ4v) is 2.88. The minimum atomic E-state index is -3.79. The second kappa shape index (κ2) is 7.13. The number of carbonyl (C=O) groups excluding carboxylic acids is 1. The molecule has 0 spiro atoms. The van der Waals surface area contributed by atoms with E-state index in [1.165, 1.54) is 30.6 Å².